The molecule has 0 saturated carbocycles. The molecule has 2 rings (SSSR count). The van der Waals surface area contributed by atoms with E-state index >= 15 is 0 Å². The SMILES string of the molecule is COCCCSc1nc2ccccc2cc1CCN. The van der Waals surface area contributed by atoms with Gasteiger partial charge in [-0.1, -0.05) is 18.2 Å². The summed E-state index contributed by atoms with van der Waals surface area (Å²) in [6.07, 6.45) is 1.92. The summed E-state index contributed by atoms with van der Waals surface area (Å²) in [5.74, 6) is 1.02. The maximum Gasteiger partial charge on any atom is 0.1000 e. The monoisotopic (exact) mass is 276 g/mol. The van der Waals surface area contributed by atoms with Crippen molar-refractivity contribution in [2.24, 2.45) is 5.73 Å². The van der Waals surface area contributed by atoms with Crippen LogP contribution in [0, 0.1) is 0 Å². The van der Waals surface area contributed by atoms with Gasteiger partial charge in [0.05, 0.1) is 10.5 Å². The third-order valence-electron chi connectivity index (χ3n) is 2.91. The number of hydrogen-bond donors (Lipinski definition) is 1. The molecule has 4 heteroatoms. The lowest BCUT2D eigenvalue weighted by Crippen LogP contribution is -2.05. The van der Waals surface area contributed by atoms with Gasteiger partial charge in [0.25, 0.3) is 0 Å². The van der Waals surface area contributed by atoms with Gasteiger partial charge in [0.15, 0.2) is 0 Å². The number of benzene rings is 1. The fourth-order valence-corrected chi connectivity index (χ4v) is 2.94. The van der Waals surface area contributed by atoms with E-state index in [-0.39, 0.29) is 0 Å². The first kappa shape index (κ1) is 14.3. The van der Waals surface area contributed by atoms with Crippen LogP contribution in [-0.2, 0) is 11.2 Å². The van der Waals surface area contributed by atoms with Gasteiger partial charge in [0.1, 0.15) is 0 Å². The van der Waals surface area contributed by atoms with E-state index in [0.717, 1.165) is 35.7 Å². The molecule has 1 heterocycles. The fourth-order valence-electron chi connectivity index (χ4n) is 1.97. The number of aromatic nitrogens is 1. The Hall–Kier alpha value is -1.10. The van der Waals surface area contributed by atoms with E-state index in [1.165, 1.54) is 10.9 Å². The Kier molecular flexibility index (Phi) is 5.63. The summed E-state index contributed by atoms with van der Waals surface area (Å²) < 4.78 is 5.07. The lowest BCUT2D eigenvalue weighted by molar-refractivity contribution is 0.200. The summed E-state index contributed by atoms with van der Waals surface area (Å²) >= 11 is 1.80. The quantitative estimate of drug-likeness (QED) is 0.624. The van der Waals surface area contributed by atoms with Crippen LogP contribution in [0.1, 0.15) is 12.0 Å². The van der Waals surface area contributed by atoms with Crippen LogP contribution in [0.4, 0.5) is 0 Å². The molecule has 2 aromatic rings. The zero-order chi connectivity index (χ0) is 13.5. The second-order valence-electron chi connectivity index (χ2n) is 4.38. The highest BCUT2D eigenvalue weighted by atomic mass is 32.2. The highest BCUT2D eigenvalue weighted by molar-refractivity contribution is 7.99. The maximum atomic E-state index is 5.69. The highest BCUT2D eigenvalue weighted by Crippen LogP contribution is 2.25. The van der Waals surface area contributed by atoms with Crippen molar-refractivity contribution in [2.45, 2.75) is 17.9 Å². The molecule has 0 fully saturated rings. The zero-order valence-corrected chi connectivity index (χ0v) is 12.1. The molecule has 1 aromatic carbocycles. The van der Waals surface area contributed by atoms with Crippen LogP contribution in [0.15, 0.2) is 35.4 Å². The first-order valence-electron chi connectivity index (χ1n) is 6.55. The maximum absolute atomic E-state index is 5.69. The second-order valence-corrected chi connectivity index (χ2v) is 5.46. The summed E-state index contributed by atoms with van der Waals surface area (Å²) in [5.41, 5.74) is 8.00. The molecule has 0 atom stereocenters. The summed E-state index contributed by atoms with van der Waals surface area (Å²) in [4.78, 5) is 4.76. The predicted molar refractivity (Wildman–Crippen MR) is 81.7 cm³/mol. The summed E-state index contributed by atoms with van der Waals surface area (Å²) in [7, 11) is 1.73. The van der Waals surface area contributed by atoms with E-state index in [1.54, 1.807) is 18.9 Å². The average molecular weight is 276 g/mol. The third kappa shape index (κ3) is 3.93. The molecule has 0 aliphatic heterocycles. The number of methoxy groups -OCH3 is 1. The van der Waals surface area contributed by atoms with Crippen LogP contribution >= 0.6 is 11.8 Å². The Morgan fingerprint density at radius 1 is 1.32 bits per heavy atom. The van der Waals surface area contributed by atoms with Crippen LogP contribution in [0.3, 0.4) is 0 Å². The largest absolute Gasteiger partial charge is 0.385 e. The highest BCUT2D eigenvalue weighted by Gasteiger charge is 2.07. The van der Waals surface area contributed by atoms with Crippen molar-refractivity contribution in [3.05, 3.63) is 35.9 Å². The zero-order valence-electron chi connectivity index (χ0n) is 11.3. The van der Waals surface area contributed by atoms with Crippen LogP contribution in [0.5, 0.6) is 0 Å². The Morgan fingerprint density at radius 2 is 2.16 bits per heavy atom. The minimum absolute atomic E-state index is 0.658. The molecule has 0 radical (unpaired) electrons. The molecular formula is C15H20N2OS. The van der Waals surface area contributed by atoms with E-state index < -0.39 is 0 Å². The number of thioether (sulfide) groups is 1. The number of fused-ring (bicyclic) bond motifs is 1. The van der Waals surface area contributed by atoms with Gasteiger partial charge in [-0.25, -0.2) is 4.98 Å². The van der Waals surface area contributed by atoms with Gasteiger partial charge in [0.2, 0.25) is 0 Å². The van der Waals surface area contributed by atoms with E-state index in [2.05, 4.69) is 18.2 Å². The number of pyridine rings is 1. The predicted octanol–water partition coefficient (Wildman–Crippen LogP) is 2.86. The Labute approximate surface area is 118 Å². The molecule has 2 N–H and O–H groups in total. The topological polar surface area (TPSA) is 48.1 Å². The molecule has 0 aliphatic carbocycles. The van der Waals surface area contributed by atoms with Crippen molar-refractivity contribution in [1.82, 2.24) is 4.98 Å². The summed E-state index contributed by atoms with van der Waals surface area (Å²) in [5, 5.41) is 2.30. The molecule has 0 unspecified atom stereocenters. The average Bonchev–Trinajstić information content (AvgIpc) is 2.44. The van der Waals surface area contributed by atoms with Crippen LogP contribution in [0.2, 0.25) is 0 Å². The number of ether oxygens (including phenoxy) is 1. The van der Waals surface area contributed by atoms with Crippen molar-refractivity contribution in [3.8, 4) is 0 Å². The smallest absolute Gasteiger partial charge is 0.1000 e. The summed E-state index contributed by atoms with van der Waals surface area (Å²) in [6, 6.07) is 10.4. The van der Waals surface area contributed by atoms with Crippen molar-refractivity contribution in [3.63, 3.8) is 0 Å². The molecule has 102 valence electrons. The van der Waals surface area contributed by atoms with Crippen molar-refractivity contribution in [2.75, 3.05) is 26.0 Å². The normalized spacial score (nSPS) is 11.1. The lowest BCUT2D eigenvalue weighted by Gasteiger charge is -2.09. The van der Waals surface area contributed by atoms with Gasteiger partial charge in [0, 0.05) is 24.9 Å². The standard InChI is InChI=1S/C15H20N2OS/c1-18-9-4-10-19-15-13(7-8-16)11-12-5-2-3-6-14(12)17-15/h2-3,5-6,11H,4,7-10,16H2,1H3. The van der Waals surface area contributed by atoms with Gasteiger partial charge < -0.3 is 10.5 Å². The number of para-hydroxylation sites is 1. The van der Waals surface area contributed by atoms with Crippen LogP contribution in [0.25, 0.3) is 10.9 Å². The van der Waals surface area contributed by atoms with Crippen LogP contribution in [-0.4, -0.2) is 31.0 Å². The number of nitrogens with two attached hydrogens (primary N) is 1. The number of rotatable bonds is 7. The van der Waals surface area contributed by atoms with Gasteiger partial charge >= 0.3 is 0 Å². The van der Waals surface area contributed by atoms with Gasteiger partial charge in [-0.05, 0) is 37.1 Å². The van der Waals surface area contributed by atoms with Gasteiger partial charge in [-0.15, -0.1) is 11.8 Å². The van der Waals surface area contributed by atoms with Crippen LogP contribution < -0.4 is 5.73 Å². The van der Waals surface area contributed by atoms with E-state index in [9.17, 15) is 0 Å². The molecule has 1 aromatic heterocycles. The molecule has 0 saturated heterocycles. The Bertz CT molecular complexity index is 531. The first-order chi connectivity index (χ1) is 9.35. The molecule has 0 aliphatic rings. The minimum atomic E-state index is 0.658. The molecule has 0 bridgehead atoms. The van der Waals surface area contributed by atoms with Crippen molar-refractivity contribution >= 4 is 22.7 Å². The second kappa shape index (κ2) is 7.48. The van der Waals surface area contributed by atoms with Crippen molar-refractivity contribution < 1.29 is 4.74 Å². The molecule has 19 heavy (non-hydrogen) atoms. The van der Waals surface area contributed by atoms with Gasteiger partial charge in [-0.2, -0.15) is 0 Å². The first-order valence-corrected chi connectivity index (χ1v) is 7.54. The minimum Gasteiger partial charge on any atom is -0.385 e. The lowest BCUT2D eigenvalue weighted by atomic mass is 10.1. The molecule has 0 amide bonds. The van der Waals surface area contributed by atoms with Gasteiger partial charge in [-0.3, -0.25) is 0 Å². The van der Waals surface area contributed by atoms with E-state index in [4.69, 9.17) is 15.5 Å². The van der Waals surface area contributed by atoms with E-state index in [1.807, 2.05) is 12.1 Å². The Morgan fingerprint density at radius 3 is 2.95 bits per heavy atom. The number of nitrogens with zero attached hydrogens (tertiary/aromatic N) is 1. The Balaban J connectivity index is 2.20. The van der Waals surface area contributed by atoms with Crippen molar-refractivity contribution in [1.29, 1.82) is 0 Å². The molecule has 0 spiro atoms. The fraction of sp³-hybridized carbons (Fsp3) is 0.400. The molecular weight excluding hydrogens is 256 g/mol. The summed E-state index contributed by atoms with van der Waals surface area (Å²) in [6.45, 7) is 1.46. The number of hydrogen-bond acceptors (Lipinski definition) is 4. The van der Waals surface area contributed by atoms with E-state index in [0.29, 0.717) is 6.54 Å². The molecule has 3 nitrogen and oxygen atoms in total. The third-order valence-corrected chi connectivity index (χ3v) is 4.03.